The van der Waals surface area contributed by atoms with E-state index in [1.165, 1.54) is 11.1 Å². The van der Waals surface area contributed by atoms with Gasteiger partial charge >= 0.3 is 0 Å². The van der Waals surface area contributed by atoms with Crippen LogP contribution in [0.5, 0.6) is 5.75 Å². The van der Waals surface area contributed by atoms with Crippen molar-refractivity contribution >= 4 is 21.7 Å². The predicted molar refractivity (Wildman–Crippen MR) is 125 cm³/mol. The fourth-order valence-electron chi connectivity index (χ4n) is 5.10. The summed E-state index contributed by atoms with van der Waals surface area (Å²) in [6.07, 6.45) is 2.22. The molecule has 0 amide bonds. The van der Waals surface area contributed by atoms with Crippen LogP contribution in [-0.2, 0) is 12.0 Å². The summed E-state index contributed by atoms with van der Waals surface area (Å²) in [6, 6.07) is 31.5. The van der Waals surface area contributed by atoms with Gasteiger partial charge in [-0.3, -0.25) is 0 Å². The molecule has 1 atom stereocenters. The number of ether oxygens (including phenoxy) is 1. The van der Waals surface area contributed by atoms with Gasteiger partial charge in [0.25, 0.3) is 0 Å². The molecule has 3 heteroatoms. The molecule has 5 aromatic rings. The zero-order chi connectivity index (χ0) is 20.8. The lowest BCUT2D eigenvalue weighted by Gasteiger charge is -2.26. The van der Waals surface area contributed by atoms with Gasteiger partial charge in [0.1, 0.15) is 12.4 Å². The average Bonchev–Trinajstić information content (AvgIpc) is 3.39. The van der Waals surface area contributed by atoms with Crippen LogP contribution in [-0.4, -0.2) is 22.9 Å². The normalized spacial score (nSPS) is 17.7. The maximum absolute atomic E-state index is 10.8. The maximum atomic E-state index is 10.8. The van der Waals surface area contributed by atoms with E-state index < -0.39 is 5.41 Å². The lowest BCUT2D eigenvalue weighted by molar-refractivity contribution is 0.186. The Morgan fingerprint density at radius 1 is 0.806 bits per heavy atom. The van der Waals surface area contributed by atoms with Crippen LogP contribution in [0, 0.1) is 0 Å². The Morgan fingerprint density at radius 3 is 2.39 bits per heavy atom. The second kappa shape index (κ2) is 7.00. The Kier molecular flexibility index (Phi) is 4.12. The highest BCUT2D eigenvalue weighted by molar-refractivity contribution is 5.93. The standard InChI is InChI=1S/C28H23NO2/c30-18-28(19-31-26-15-14-21-10-4-5-11-22(21)27(26)28)24-17-29(16-20-8-2-1-3-9-20)25-13-7-6-12-23(24)25/h1-15,17,30H,16,18-19H2. The molecule has 1 unspecified atom stereocenters. The van der Waals surface area contributed by atoms with Crippen molar-refractivity contribution in [3.63, 3.8) is 0 Å². The van der Waals surface area contributed by atoms with Crippen LogP contribution in [0.4, 0.5) is 0 Å². The van der Waals surface area contributed by atoms with Gasteiger partial charge in [-0.25, -0.2) is 0 Å². The van der Waals surface area contributed by atoms with E-state index in [2.05, 4.69) is 89.6 Å². The molecule has 1 aromatic heterocycles. The van der Waals surface area contributed by atoms with Crippen molar-refractivity contribution < 1.29 is 9.84 Å². The molecule has 152 valence electrons. The summed E-state index contributed by atoms with van der Waals surface area (Å²) < 4.78 is 8.47. The zero-order valence-electron chi connectivity index (χ0n) is 17.2. The quantitative estimate of drug-likeness (QED) is 0.428. The largest absolute Gasteiger partial charge is 0.492 e. The molecule has 0 saturated heterocycles. The van der Waals surface area contributed by atoms with Gasteiger partial charge in [-0.15, -0.1) is 0 Å². The number of para-hydroxylation sites is 1. The van der Waals surface area contributed by atoms with Crippen LogP contribution >= 0.6 is 0 Å². The molecular formula is C28H23NO2. The first kappa shape index (κ1) is 18.2. The molecule has 1 aliphatic rings. The van der Waals surface area contributed by atoms with Crippen LogP contribution in [0.1, 0.15) is 16.7 Å². The Labute approximate surface area is 181 Å². The number of fused-ring (bicyclic) bond motifs is 4. The van der Waals surface area contributed by atoms with Crippen molar-refractivity contribution in [1.29, 1.82) is 0 Å². The minimum absolute atomic E-state index is 0.00660. The van der Waals surface area contributed by atoms with E-state index >= 15 is 0 Å². The van der Waals surface area contributed by atoms with Gasteiger partial charge < -0.3 is 14.4 Å². The number of hydrogen-bond acceptors (Lipinski definition) is 2. The van der Waals surface area contributed by atoms with Gasteiger partial charge in [0.2, 0.25) is 0 Å². The average molecular weight is 405 g/mol. The van der Waals surface area contributed by atoms with E-state index in [4.69, 9.17) is 4.74 Å². The van der Waals surface area contributed by atoms with Crippen molar-refractivity contribution in [3.05, 3.63) is 114 Å². The van der Waals surface area contributed by atoms with E-state index in [0.717, 1.165) is 39.6 Å². The highest BCUT2D eigenvalue weighted by Gasteiger charge is 2.45. The van der Waals surface area contributed by atoms with E-state index in [1.807, 2.05) is 12.1 Å². The third-order valence-corrected chi connectivity index (χ3v) is 6.61. The van der Waals surface area contributed by atoms with Crippen LogP contribution in [0.15, 0.2) is 97.2 Å². The third kappa shape index (κ3) is 2.70. The van der Waals surface area contributed by atoms with Gasteiger partial charge in [0.05, 0.1) is 12.0 Å². The minimum atomic E-state index is -0.599. The van der Waals surface area contributed by atoms with E-state index in [0.29, 0.717) is 6.61 Å². The summed E-state index contributed by atoms with van der Waals surface area (Å²) in [5.74, 6) is 0.868. The van der Waals surface area contributed by atoms with E-state index in [9.17, 15) is 5.11 Å². The summed E-state index contributed by atoms with van der Waals surface area (Å²) in [4.78, 5) is 0. The third-order valence-electron chi connectivity index (χ3n) is 6.61. The first-order valence-corrected chi connectivity index (χ1v) is 10.7. The summed E-state index contributed by atoms with van der Waals surface area (Å²) in [7, 11) is 0. The van der Waals surface area contributed by atoms with Crippen molar-refractivity contribution in [2.45, 2.75) is 12.0 Å². The van der Waals surface area contributed by atoms with Gasteiger partial charge in [-0.1, -0.05) is 78.9 Å². The SMILES string of the molecule is OCC1(c2cn(Cc3ccccc3)c3ccccc23)COc2ccc3ccccc3c21. The van der Waals surface area contributed by atoms with Crippen molar-refractivity contribution in [2.75, 3.05) is 13.2 Å². The lowest BCUT2D eigenvalue weighted by atomic mass is 9.75. The number of hydrogen-bond donors (Lipinski definition) is 1. The molecule has 0 aliphatic carbocycles. The first-order chi connectivity index (χ1) is 15.3. The molecule has 0 fully saturated rings. The van der Waals surface area contributed by atoms with Gasteiger partial charge in [0.15, 0.2) is 0 Å². The topological polar surface area (TPSA) is 34.4 Å². The number of aromatic nitrogens is 1. The molecule has 31 heavy (non-hydrogen) atoms. The second-order valence-corrected chi connectivity index (χ2v) is 8.36. The van der Waals surface area contributed by atoms with E-state index in [1.54, 1.807) is 0 Å². The summed E-state index contributed by atoms with van der Waals surface area (Å²) in [6.45, 7) is 1.21. The molecule has 0 radical (unpaired) electrons. The molecule has 0 spiro atoms. The Hall–Kier alpha value is -3.56. The van der Waals surface area contributed by atoms with Crippen molar-refractivity contribution in [3.8, 4) is 5.75 Å². The Balaban J connectivity index is 1.60. The smallest absolute Gasteiger partial charge is 0.124 e. The fraction of sp³-hybridized carbons (Fsp3) is 0.143. The van der Waals surface area contributed by atoms with Crippen LogP contribution in [0.25, 0.3) is 21.7 Å². The number of aliphatic hydroxyl groups excluding tert-OH is 1. The molecule has 6 rings (SSSR count). The van der Waals surface area contributed by atoms with Gasteiger partial charge in [-0.2, -0.15) is 0 Å². The Morgan fingerprint density at radius 2 is 1.55 bits per heavy atom. The molecular weight excluding hydrogens is 382 g/mol. The van der Waals surface area contributed by atoms with Crippen LogP contribution in [0.3, 0.4) is 0 Å². The molecule has 0 bridgehead atoms. The molecule has 0 saturated carbocycles. The molecule has 4 aromatic carbocycles. The Bertz CT molecular complexity index is 1400. The van der Waals surface area contributed by atoms with Gasteiger partial charge in [-0.05, 0) is 34.0 Å². The van der Waals surface area contributed by atoms with Crippen molar-refractivity contribution in [2.24, 2.45) is 0 Å². The highest BCUT2D eigenvalue weighted by atomic mass is 16.5. The summed E-state index contributed by atoms with van der Waals surface area (Å²) in [5.41, 5.74) is 4.04. The van der Waals surface area contributed by atoms with Crippen molar-refractivity contribution in [1.82, 2.24) is 4.57 Å². The minimum Gasteiger partial charge on any atom is -0.492 e. The first-order valence-electron chi connectivity index (χ1n) is 10.7. The number of nitrogens with zero attached hydrogens (tertiary/aromatic N) is 1. The molecule has 2 heterocycles. The molecule has 1 aliphatic heterocycles. The number of rotatable bonds is 4. The number of aliphatic hydroxyl groups is 1. The molecule has 1 N–H and O–H groups in total. The fourth-order valence-corrected chi connectivity index (χ4v) is 5.10. The summed E-state index contributed by atoms with van der Waals surface area (Å²) in [5, 5.41) is 14.3. The number of benzene rings is 4. The predicted octanol–water partition coefficient (Wildman–Crippen LogP) is 5.51. The maximum Gasteiger partial charge on any atom is 0.124 e. The van der Waals surface area contributed by atoms with E-state index in [-0.39, 0.29) is 6.61 Å². The second-order valence-electron chi connectivity index (χ2n) is 8.36. The van der Waals surface area contributed by atoms with Gasteiger partial charge in [0, 0.05) is 29.2 Å². The monoisotopic (exact) mass is 405 g/mol. The highest BCUT2D eigenvalue weighted by Crippen LogP contribution is 2.49. The van der Waals surface area contributed by atoms with Crippen LogP contribution < -0.4 is 4.74 Å². The lowest BCUT2D eigenvalue weighted by Crippen LogP contribution is -2.34. The summed E-state index contributed by atoms with van der Waals surface area (Å²) >= 11 is 0. The zero-order valence-corrected chi connectivity index (χ0v) is 17.2. The van der Waals surface area contributed by atoms with Crippen LogP contribution in [0.2, 0.25) is 0 Å². The molecule has 3 nitrogen and oxygen atoms in total.